The molecule has 0 aliphatic carbocycles. The van der Waals surface area contributed by atoms with Crippen LogP contribution >= 0.6 is 22.6 Å². The zero-order chi connectivity index (χ0) is 14.7. The molecule has 0 aliphatic rings. The fraction of sp³-hybridized carbons (Fsp3) is 0.154. The Balaban J connectivity index is 2.13. The zero-order valence-electron chi connectivity index (χ0n) is 10.6. The molecule has 1 aromatic heterocycles. The lowest BCUT2D eigenvalue weighted by Gasteiger charge is -2.06. The summed E-state index contributed by atoms with van der Waals surface area (Å²) in [5.74, 6) is -0.514. The van der Waals surface area contributed by atoms with Gasteiger partial charge in [-0.25, -0.2) is 4.79 Å². The molecule has 0 atom stereocenters. The van der Waals surface area contributed by atoms with Crippen molar-refractivity contribution >= 4 is 28.5 Å². The molecule has 0 bridgehead atoms. The van der Waals surface area contributed by atoms with Gasteiger partial charge in [0.05, 0.1) is 0 Å². The van der Waals surface area contributed by atoms with E-state index < -0.39 is 17.2 Å². The van der Waals surface area contributed by atoms with Gasteiger partial charge in [-0.3, -0.25) is 14.2 Å². The molecule has 7 heteroatoms. The molecule has 2 aromatic rings. The Kier molecular flexibility index (Phi) is 4.38. The van der Waals surface area contributed by atoms with Crippen molar-refractivity contribution in [3.8, 4) is 0 Å². The van der Waals surface area contributed by atoms with Crippen molar-refractivity contribution in [3.05, 3.63) is 66.0 Å². The van der Waals surface area contributed by atoms with Gasteiger partial charge < -0.3 is 10.3 Å². The van der Waals surface area contributed by atoms with Crippen molar-refractivity contribution in [2.45, 2.75) is 6.54 Å². The van der Waals surface area contributed by atoms with Gasteiger partial charge in [0.15, 0.2) is 0 Å². The number of halogens is 1. The molecule has 104 valence electrons. The predicted molar refractivity (Wildman–Crippen MR) is 82.6 cm³/mol. The minimum Gasteiger partial charge on any atom is -0.348 e. The first-order valence-corrected chi connectivity index (χ1v) is 6.88. The number of amides is 1. The van der Waals surface area contributed by atoms with Crippen molar-refractivity contribution in [2.24, 2.45) is 7.05 Å². The van der Waals surface area contributed by atoms with E-state index in [0.29, 0.717) is 6.54 Å². The van der Waals surface area contributed by atoms with Crippen molar-refractivity contribution in [1.29, 1.82) is 0 Å². The number of aromatic amines is 1. The van der Waals surface area contributed by atoms with Crippen LogP contribution in [0.4, 0.5) is 0 Å². The summed E-state index contributed by atoms with van der Waals surface area (Å²) in [5.41, 5.74) is -0.323. The van der Waals surface area contributed by atoms with Crippen LogP contribution in [0.25, 0.3) is 0 Å². The first kappa shape index (κ1) is 14.5. The highest BCUT2D eigenvalue weighted by Gasteiger charge is 2.12. The Morgan fingerprint density at radius 3 is 2.60 bits per heavy atom. The molecular formula is C13H12IN3O3. The van der Waals surface area contributed by atoms with Crippen molar-refractivity contribution in [3.63, 3.8) is 0 Å². The number of rotatable bonds is 3. The van der Waals surface area contributed by atoms with Crippen LogP contribution < -0.4 is 16.6 Å². The largest absolute Gasteiger partial charge is 0.348 e. The Labute approximate surface area is 128 Å². The fourth-order valence-electron chi connectivity index (χ4n) is 1.61. The average molecular weight is 385 g/mol. The topological polar surface area (TPSA) is 84.0 Å². The number of nitrogens with one attached hydrogen (secondary N) is 2. The van der Waals surface area contributed by atoms with Gasteiger partial charge >= 0.3 is 5.69 Å². The van der Waals surface area contributed by atoms with Crippen LogP contribution in [0.15, 0.2) is 40.1 Å². The van der Waals surface area contributed by atoms with E-state index in [1.807, 2.05) is 24.3 Å². The van der Waals surface area contributed by atoms with Gasteiger partial charge in [-0.1, -0.05) is 12.1 Å². The smallest absolute Gasteiger partial charge is 0.328 e. The highest BCUT2D eigenvalue weighted by atomic mass is 127. The Morgan fingerprint density at radius 1 is 1.30 bits per heavy atom. The third kappa shape index (κ3) is 3.16. The second-order valence-corrected chi connectivity index (χ2v) is 5.43. The Bertz CT molecular complexity index is 747. The summed E-state index contributed by atoms with van der Waals surface area (Å²) in [4.78, 5) is 37.2. The van der Waals surface area contributed by atoms with Crippen molar-refractivity contribution < 1.29 is 4.79 Å². The molecule has 0 saturated heterocycles. The predicted octanol–water partition coefficient (Wildman–Crippen LogP) is 0.608. The molecule has 0 saturated carbocycles. The summed E-state index contributed by atoms with van der Waals surface area (Å²) in [6, 6.07) is 7.65. The van der Waals surface area contributed by atoms with Crippen LogP contribution in [-0.4, -0.2) is 15.5 Å². The summed E-state index contributed by atoms with van der Waals surface area (Å²) in [7, 11) is 1.32. The molecule has 0 spiro atoms. The lowest BCUT2D eigenvalue weighted by Crippen LogP contribution is -2.38. The summed E-state index contributed by atoms with van der Waals surface area (Å²) < 4.78 is 1.96. The molecule has 0 radical (unpaired) electrons. The standard InChI is InChI=1S/C13H12IN3O3/c1-17-12(19)10(7-16-13(17)20)11(18)15-6-8-2-4-9(14)5-3-8/h2-5,7H,6H2,1H3,(H,15,18)(H,16,20). The fourth-order valence-corrected chi connectivity index (χ4v) is 1.97. The second-order valence-electron chi connectivity index (χ2n) is 4.18. The van der Waals surface area contributed by atoms with E-state index in [0.717, 1.165) is 19.9 Å². The third-order valence-electron chi connectivity index (χ3n) is 2.79. The Hall–Kier alpha value is -1.90. The van der Waals surface area contributed by atoms with Gasteiger partial charge in [-0.15, -0.1) is 0 Å². The minimum atomic E-state index is -0.617. The van der Waals surface area contributed by atoms with Crippen LogP contribution in [0.2, 0.25) is 0 Å². The van der Waals surface area contributed by atoms with Crippen LogP contribution in [0.3, 0.4) is 0 Å². The number of carbonyl (C=O) groups is 1. The normalized spacial score (nSPS) is 10.3. The minimum absolute atomic E-state index is 0.0855. The molecule has 2 N–H and O–H groups in total. The van der Waals surface area contributed by atoms with Crippen LogP contribution in [0, 0.1) is 3.57 Å². The maximum absolute atomic E-state index is 11.9. The maximum atomic E-state index is 11.9. The molecule has 0 aliphatic heterocycles. The SMILES string of the molecule is Cn1c(=O)[nH]cc(C(=O)NCc2ccc(I)cc2)c1=O. The van der Waals surface area contributed by atoms with E-state index in [2.05, 4.69) is 32.9 Å². The average Bonchev–Trinajstić information content (AvgIpc) is 2.44. The van der Waals surface area contributed by atoms with Gasteiger partial charge in [0.25, 0.3) is 11.5 Å². The van der Waals surface area contributed by atoms with Crippen LogP contribution in [-0.2, 0) is 13.6 Å². The zero-order valence-corrected chi connectivity index (χ0v) is 12.8. The van der Waals surface area contributed by atoms with Gasteiger partial charge in [0.1, 0.15) is 5.56 Å². The molecule has 1 amide bonds. The van der Waals surface area contributed by atoms with Crippen molar-refractivity contribution in [2.75, 3.05) is 0 Å². The van der Waals surface area contributed by atoms with Gasteiger partial charge in [-0.05, 0) is 40.3 Å². The van der Waals surface area contributed by atoms with Gasteiger partial charge in [-0.2, -0.15) is 0 Å². The molecule has 6 nitrogen and oxygen atoms in total. The van der Waals surface area contributed by atoms with Gasteiger partial charge in [0, 0.05) is 23.4 Å². The molecule has 20 heavy (non-hydrogen) atoms. The molecular weight excluding hydrogens is 373 g/mol. The quantitative estimate of drug-likeness (QED) is 0.760. The number of aromatic nitrogens is 2. The number of hydrogen-bond donors (Lipinski definition) is 2. The number of hydrogen-bond acceptors (Lipinski definition) is 3. The highest BCUT2D eigenvalue weighted by molar-refractivity contribution is 14.1. The highest BCUT2D eigenvalue weighted by Crippen LogP contribution is 2.06. The van der Waals surface area contributed by atoms with E-state index in [-0.39, 0.29) is 5.56 Å². The van der Waals surface area contributed by atoms with Crippen LogP contribution in [0.5, 0.6) is 0 Å². The summed E-state index contributed by atoms with van der Waals surface area (Å²) >= 11 is 2.19. The van der Waals surface area contributed by atoms with Gasteiger partial charge in [0.2, 0.25) is 0 Å². The Morgan fingerprint density at radius 2 is 1.95 bits per heavy atom. The first-order valence-electron chi connectivity index (χ1n) is 5.80. The number of H-pyrrole nitrogens is 1. The third-order valence-corrected chi connectivity index (χ3v) is 3.51. The van der Waals surface area contributed by atoms with Crippen molar-refractivity contribution in [1.82, 2.24) is 14.9 Å². The summed E-state index contributed by atoms with van der Waals surface area (Å²) in [6.07, 6.45) is 1.13. The van der Waals surface area contributed by atoms with E-state index >= 15 is 0 Å². The number of nitrogens with zero attached hydrogens (tertiary/aromatic N) is 1. The van der Waals surface area contributed by atoms with E-state index in [9.17, 15) is 14.4 Å². The molecule has 1 heterocycles. The monoisotopic (exact) mass is 385 g/mol. The van der Waals surface area contributed by atoms with E-state index in [1.165, 1.54) is 7.05 Å². The van der Waals surface area contributed by atoms with Crippen LogP contribution in [0.1, 0.15) is 15.9 Å². The molecule has 0 unspecified atom stereocenters. The first-order chi connectivity index (χ1) is 9.49. The maximum Gasteiger partial charge on any atom is 0.328 e. The number of carbonyl (C=O) groups excluding carboxylic acids is 1. The summed E-state index contributed by atoms with van der Waals surface area (Å²) in [5, 5.41) is 2.65. The molecule has 2 rings (SSSR count). The lowest BCUT2D eigenvalue weighted by molar-refractivity contribution is 0.0948. The number of benzene rings is 1. The molecule has 1 aromatic carbocycles. The molecule has 0 fully saturated rings. The second kappa shape index (κ2) is 6.04. The van der Waals surface area contributed by atoms with E-state index in [4.69, 9.17) is 0 Å². The summed E-state index contributed by atoms with van der Waals surface area (Å²) in [6.45, 7) is 0.317. The van der Waals surface area contributed by atoms with E-state index in [1.54, 1.807) is 0 Å². The lowest BCUT2D eigenvalue weighted by atomic mass is 10.2.